The Morgan fingerprint density at radius 2 is 2.11 bits per heavy atom. The van der Waals surface area contributed by atoms with Crippen LogP contribution < -0.4 is 4.74 Å². The minimum absolute atomic E-state index is 0.523. The molecule has 0 saturated heterocycles. The number of aromatic nitrogens is 1. The number of aliphatic hydroxyl groups is 1. The summed E-state index contributed by atoms with van der Waals surface area (Å²) in [6, 6.07) is 10.7. The van der Waals surface area contributed by atoms with Crippen LogP contribution in [0.4, 0.5) is 0 Å². The molecule has 18 heavy (non-hydrogen) atoms. The van der Waals surface area contributed by atoms with E-state index in [0.29, 0.717) is 28.6 Å². The van der Waals surface area contributed by atoms with E-state index in [1.165, 1.54) is 0 Å². The van der Waals surface area contributed by atoms with Gasteiger partial charge in [-0.1, -0.05) is 24.6 Å². The molecule has 0 fully saturated rings. The number of halogens is 1. The van der Waals surface area contributed by atoms with Gasteiger partial charge in [0, 0.05) is 5.02 Å². The van der Waals surface area contributed by atoms with Crippen LogP contribution in [0, 0.1) is 0 Å². The lowest BCUT2D eigenvalue weighted by atomic mass is 10.2. The molecule has 0 aliphatic heterocycles. The number of hydrogen-bond donors (Lipinski definition) is 1. The van der Waals surface area contributed by atoms with E-state index < -0.39 is 6.10 Å². The molecule has 4 heteroatoms. The van der Waals surface area contributed by atoms with Crippen LogP contribution in [0.2, 0.25) is 5.02 Å². The summed E-state index contributed by atoms with van der Waals surface area (Å²) in [5, 5.41) is 10.2. The molecule has 1 unspecified atom stereocenters. The summed E-state index contributed by atoms with van der Waals surface area (Å²) in [7, 11) is 0. The second-order valence-corrected chi connectivity index (χ2v) is 4.34. The fourth-order valence-corrected chi connectivity index (χ4v) is 1.71. The Kier molecular flexibility index (Phi) is 4.18. The van der Waals surface area contributed by atoms with Gasteiger partial charge in [0.2, 0.25) is 0 Å². The van der Waals surface area contributed by atoms with Crippen LogP contribution in [0.15, 0.2) is 42.6 Å². The highest BCUT2D eigenvalue weighted by molar-refractivity contribution is 6.30. The Bertz CT molecular complexity index is 513. The Labute approximate surface area is 111 Å². The number of aliphatic hydroxyl groups excluding tert-OH is 1. The smallest absolute Gasteiger partial charge is 0.145 e. The third kappa shape index (κ3) is 3.22. The number of benzene rings is 1. The molecule has 0 radical (unpaired) electrons. The maximum Gasteiger partial charge on any atom is 0.145 e. The Balaban J connectivity index is 2.11. The predicted molar refractivity (Wildman–Crippen MR) is 71.0 cm³/mol. The highest BCUT2D eigenvalue weighted by atomic mass is 35.5. The van der Waals surface area contributed by atoms with Gasteiger partial charge in [-0.2, -0.15) is 0 Å². The molecule has 1 aromatic heterocycles. The average Bonchev–Trinajstić information content (AvgIpc) is 2.39. The van der Waals surface area contributed by atoms with Gasteiger partial charge in [-0.3, -0.25) is 4.98 Å². The number of pyridine rings is 1. The molecule has 0 aliphatic rings. The standard InChI is InChI=1S/C14H14ClNO2/c1-2-14(17)13-7-6-12(9-16-13)18-11-5-3-4-10(15)8-11/h3-9,14,17H,2H2,1H3. The predicted octanol–water partition coefficient (Wildman–Crippen LogP) is 3.97. The van der Waals surface area contributed by atoms with Crippen molar-refractivity contribution in [3.63, 3.8) is 0 Å². The van der Waals surface area contributed by atoms with Crippen molar-refractivity contribution in [2.24, 2.45) is 0 Å². The molecule has 2 rings (SSSR count). The second-order valence-electron chi connectivity index (χ2n) is 3.90. The monoisotopic (exact) mass is 263 g/mol. The van der Waals surface area contributed by atoms with E-state index in [1.54, 1.807) is 30.5 Å². The average molecular weight is 264 g/mol. The number of rotatable bonds is 4. The molecule has 0 spiro atoms. The van der Waals surface area contributed by atoms with Gasteiger partial charge < -0.3 is 9.84 Å². The van der Waals surface area contributed by atoms with Crippen molar-refractivity contribution in [3.8, 4) is 11.5 Å². The van der Waals surface area contributed by atoms with Gasteiger partial charge in [0.05, 0.1) is 18.0 Å². The van der Waals surface area contributed by atoms with Gasteiger partial charge in [-0.05, 0) is 36.8 Å². The summed E-state index contributed by atoms with van der Waals surface area (Å²) in [5.74, 6) is 1.28. The van der Waals surface area contributed by atoms with Gasteiger partial charge >= 0.3 is 0 Å². The van der Waals surface area contributed by atoms with Crippen LogP contribution in [-0.4, -0.2) is 10.1 Å². The number of nitrogens with zero attached hydrogens (tertiary/aromatic N) is 1. The summed E-state index contributed by atoms with van der Waals surface area (Å²) in [5.41, 5.74) is 0.649. The van der Waals surface area contributed by atoms with Crippen LogP contribution in [0.1, 0.15) is 25.1 Å². The molecule has 1 N–H and O–H groups in total. The van der Waals surface area contributed by atoms with E-state index in [1.807, 2.05) is 19.1 Å². The van der Waals surface area contributed by atoms with Gasteiger partial charge in [0.15, 0.2) is 0 Å². The first-order valence-corrected chi connectivity index (χ1v) is 6.14. The Morgan fingerprint density at radius 1 is 1.28 bits per heavy atom. The highest BCUT2D eigenvalue weighted by Gasteiger charge is 2.06. The summed E-state index contributed by atoms with van der Waals surface area (Å²) in [4.78, 5) is 4.16. The summed E-state index contributed by atoms with van der Waals surface area (Å²) < 4.78 is 5.60. The molecule has 1 heterocycles. The first-order valence-electron chi connectivity index (χ1n) is 5.76. The number of ether oxygens (including phenoxy) is 1. The van der Waals surface area contributed by atoms with Crippen LogP contribution in [0.25, 0.3) is 0 Å². The normalized spacial score (nSPS) is 12.2. The SMILES string of the molecule is CCC(O)c1ccc(Oc2cccc(Cl)c2)cn1. The van der Waals surface area contributed by atoms with Crippen molar-refractivity contribution in [1.29, 1.82) is 0 Å². The maximum atomic E-state index is 9.63. The van der Waals surface area contributed by atoms with Crippen LogP contribution in [0.3, 0.4) is 0 Å². The van der Waals surface area contributed by atoms with Gasteiger partial charge in [0.25, 0.3) is 0 Å². The van der Waals surface area contributed by atoms with Crippen LogP contribution >= 0.6 is 11.6 Å². The lowest BCUT2D eigenvalue weighted by Gasteiger charge is -2.09. The third-order valence-electron chi connectivity index (χ3n) is 2.52. The van der Waals surface area contributed by atoms with Crippen LogP contribution in [0.5, 0.6) is 11.5 Å². The lowest BCUT2D eigenvalue weighted by Crippen LogP contribution is -1.98. The number of hydrogen-bond acceptors (Lipinski definition) is 3. The minimum atomic E-state index is -0.523. The van der Waals surface area contributed by atoms with Crippen molar-refractivity contribution in [2.75, 3.05) is 0 Å². The molecule has 0 amide bonds. The van der Waals surface area contributed by atoms with Crippen molar-refractivity contribution in [1.82, 2.24) is 4.98 Å². The Morgan fingerprint density at radius 3 is 2.72 bits per heavy atom. The topological polar surface area (TPSA) is 42.4 Å². The van der Waals surface area contributed by atoms with Gasteiger partial charge in [-0.25, -0.2) is 0 Å². The molecule has 94 valence electrons. The summed E-state index contributed by atoms with van der Waals surface area (Å²) in [6.45, 7) is 1.91. The van der Waals surface area contributed by atoms with Crippen molar-refractivity contribution < 1.29 is 9.84 Å². The minimum Gasteiger partial charge on any atom is -0.456 e. The van der Waals surface area contributed by atoms with Crippen LogP contribution in [-0.2, 0) is 0 Å². The fourth-order valence-electron chi connectivity index (χ4n) is 1.52. The molecular weight excluding hydrogens is 250 g/mol. The van der Waals surface area contributed by atoms with Crippen molar-refractivity contribution in [3.05, 3.63) is 53.3 Å². The van der Waals surface area contributed by atoms with Gasteiger partial charge in [-0.15, -0.1) is 0 Å². The van der Waals surface area contributed by atoms with Crippen molar-refractivity contribution >= 4 is 11.6 Å². The van der Waals surface area contributed by atoms with E-state index in [0.717, 1.165) is 0 Å². The molecule has 0 bridgehead atoms. The van der Waals surface area contributed by atoms with E-state index >= 15 is 0 Å². The van der Waals surface area contributed by atoms with E-state index in [9.17, 15) is 5.11 Å². The Hall–Kier alpha value is -1.58. The molecule has 2 aromatic rings. The zero-order chi connectivity index (χ0) is 13.0. The summed E-state index contributed by atoms with van der Waals surface area (Å²) in [6.07, 6.45) is 1.71. The molecular formula is C14H14ClNO2. The fraction of sp³-hybridized carbons (Fsp3) is 0.214. The second kappa shape index (κ2) is 5.85. The first kappa shape index (κ1) is 12.9. The zero-order valence-electron chi connectivity index (χ0n) is 10.0. The zero-order valence-corrected chi connectivity index (χ0v) is 10.8. The molecule has 0 aliphatic carbocycles. The largest absolute Gasteiger partial charge is 0.456 e. The molecule has 1 atom stereocenters. The third-order valence-corrected chi connectivity index (χ3v) is 2.75. The maximum absolute atomic E-state index is 9.63. The van der Waals surface area contributed by atoms with E-state index in [4.69, 9.17) is 16.3 Å². The molecule has 3 nitrogen and oxygen atoms in total. The first-order chi connectivity index (χ1) is 8.69. The van der Waals surface area contributed by atoms with Crippen molar-refractivity contribution in [2.45, 2.75) is 19.4 Å². The van der Waals surface area contributed by atoms with E-state index in [2.05, 4.69) is 4.98 Å². The lowest BCUT2D eigenvalue weighted by molar-refractivity contribution is 0.169. The van der Waals surface area contributed by atoms with E-state index in [-0.39, 0.29) is 0 Å². The molecule has 1 aromatic carbocycles. The molecule has 0 saturated carbocycles. The quantitative estimate of drug-likeness (QED) is 0.908. The van der Waals surface area contributed by atoms with Gasteiger partial charge in [0.1, 0.15) is 11.5 Å². The highest BCUT2D eigenvalue weighted by Crippen LogP contribution is 2.24. The summed E-state index contributed by atoms with van der Waals surface area (Å²) >= 11 is 5.87.